The summed E-state index contributed by atoms with van der Waals surface area (Å²) < 4.78 is 25.7. The van der Waals surface area contributed by atoms with E-state index < -0.39 is 0 Å². The van der Waals surface area contributed by atoms with E-state index in [-0.39, 0.29) is 17.7 Å². The van der Waals surface area contributed by atoms with Crippen LogP contribution in [0.25, 0.3) is 0 Å². The van der Waals surface area contributed by atoms with Crippen molar-refractivity contribution in [3.05, 3.63) is 71.3 Å². The minimum absolute atomic E-state index is 0.265. The van der Waals surface area contributed by atoms with Gasteiger partial charge in [-0.2, -0.15) is 0 Å². The fourth-order valence-corrected chi connectivity index (χ4v) is 2.05. The predicted octanol–water partition coefficient (Wildman–Crippen LogP) is 3.05. The van der Waals surface area contributed by atoms with Crippen LogP contribution >= 0.6 is 0 Å². The van der Waals surface area contributed by atoms with Gasteiger partial charge >= 0.3 is 6.03 Å². The Labute approximate surface area is 128 Å². The van der Waals surface area contributed by atoms with Crippen LogP contribution in [0.5, 0.6) is 0 Å². The average molecular weight is 304 g/mol. The van der Waals surface area contributed by atoms with E-state index in [4.69, 9.17) is 0 Å². The first-order valence-electron chi connectivity index (χ1n) is 7.14. The van der Waals surface area contributed by atoms with Crippen molar-refractivity contribution in [1.29, 1.82) is 0 Å². The Balaban J connectivity index is 1.62. The maximum Gasteiger partial charge on any atom is 0.314 e. The maximum atomic E-state index is 13.0. The molecular weight excluding hydrogens is 286 g/mol. The Hall–Kier alpha value is -2.43. The van der Waals surface area contributed by atoms with Crippen molar-refractivity contribution in [2.75, 3.05) is 13.1 Å². The SMILES string of the molecule is O=C(NCCc1ccc(F)cc1)NCCc1cccc(F)c1. The van der Waals surface area contributed by atoms with Crippen LogP contribution in [-0.4, -0.2) is 19.1 Å². The number of amides is 2. The van der Waals surface area contributed by atoms with Crippen molar-refractivity contribution in [3.63, 3.8) is 0 Å². The first kappa shape index (κ1) is 15.9. The predicted molar refractivity (Wildman–Crippen MR) is 81.6 cm³/mol. The normalized spacial score (nSPS) is 10.3. The molecule has 0 bridgehead atoms. The van der Waals surface area contributed by atoms with Crippen LogP contribution in [0.3, 0.4) is 0 Å². The van der Waals surface area contributed by atoms with Gasteiger partial charge in [-0.3, -0.25) is 0 Å². The molecule has 0 unspecified atom stereocenters. The van der Waals surface area contributed by atoms with Crippen molar-refractivity contribution in [2.45, 2.75) is 12.8 Å². The summed E-state index contributed by atoms with van der Waals surface area (Å²) in [4.78, 5) is 11.6. The molecule has 116 valence electrons. The molecule has 0 aliphatic heterocycles. The van der Waals surface area contributed by atoms with Gasteiger partial charge < -0.3 is 10.6 Å². The van der Waals surface area contributed by atoms with Gasteiger partial charge in [-0.25, -0.2) is 13.6 Å². The van der Waals surface area contributed by atoms with Crippen molar-refractivity contribution in [3.8, 4) is 0 Å². The minimum Gasteiger partial charge on any atom is -0.338 e. The standard InChI is InChI=1S/C17H18F2N2O/c18-15-6-4-13(5-7-15)8-10-20-17(22)21-11-9-14-2-1-3-16(19)12-14/h1-7,12H,8-11H2,(H2,20,21,22). The molecule has 2 aromatic rings. The van der Waals surface area contributed by atoms with Gasteiger partial charge in [-0.1, -0.05) is 24.3 Å². The summed E-state index contributed by atoms with van der Waals surface area (Å²) in [7, 11) is 0. The average Bonchev–Trinajstić information content (AvgIpc) is 2.49. The Morgan fingerprint density at radius 3 is 2.09 bits per heavy atom. The Morgan fingerprint density at radius 1 is 0.818 bits per heavy atom. The molecular formula is C17H18F2N2O. The third-order valence-electron chi connectivity index (χ3n) is 3.20. The van der Waals surface area contributed by atoms with Crippen molar-refractivity contribution in [2.24, 2.45) is 0 Å². The molecule has 0 aliphatic rings. The number of urea groups is 1. The number of hydrogen-bond donors (Lipinski definition) is 2. The Bertz CT molecular complexity index is 614. The zero-order valence-corrected chi connectivity index (χ0v) is 12.1. The largest absolute Gasteiger partial charge is 0.338 e. The molecule has 2 N–H and O–H groups in total. The maximum absolute atomic E-state index is 13.0. The first-order valence-corrected chi connectivity index (χ1v) is 7.14. The summed E-state index contributed by atoms with van der Waals surface area (Å²) in [5.41, 5.74) is 1.80. The van der Waals surface area contributed by atoms with E-state index in [1.807, 2.05) is 6.07 Å². The molecule has 0 fully saturated rings. The highest BCUT2D eigenvalue weighted by molar-refractivity contribution is 5.73. The van der Waals surface area contributed by atoms with Gasteiger partial charge in [0.15, 0.2) is 0 Å². The number of carbonyl (C=O) groups excluding carboxylic acids is 1. The molecule has 0 heterocycles. The lowest BCUT2D eigenvalue weighted by atomic mass is 10.1. The van der Waals surface area contributed by atoms with E-state index in [0.29, 0.717) is 25.9 Å². The molecule has 0 aromatic heterocycles. The molecule has 0 spiro atoms. The quantitative estimate of drug-likeness (QED) is 0.846. The number of halogens is 2. The van der Waals surface area contributed by atoms with Crippen molar-refractivity contribution in [1.82, 2.24) is 10.6 Å². The Kier molecular flexibility index (Phi) is 5.89. The lowest BCUT2D eigenvalue weighted by Gasteiger charge is -2.08. The van der Waals surface area contributed by atoms with Crippen LogP contribution in [0.2, 0.25) is 0 Å². The van der Waals surface area contributed by atoms with Crippen molar-refractivity contribution < 1.29 is 13.6 Å². The molecule has 3 nitrogen and oxygen atoms in total. The highest BCUT2D eigenvalue weighted by Crippen LogP contribution is 2.04. The van der Waals surface area contributed by atoms with Crippen LogP contribution in [0.15, 0.2) is 48.5 Å². The molecule has 2 amide bonds. The fourth-order valence-electron chi connectivity index (χ4n) is 2.05. The zero-order valence-electron chi connectivity index (χ0n) is 12.1. The summed E-state index contributed by atoms with van der Waals surface area (Å²) in [6.45, 7) is 0.906. The van der Waals surface area contributed by atoms with Gasteiger partial charge in [-0.15, -0.1) is 0 Å². The summed E-state index contributed by atoms with van der Waals surface area (Å²) >= 11 is 0. The van der Waals surface area contributed by atoms with E-state index in [0.717, 1.165) is 11.1 Å². The van der Waals surface area contributed by atoms with Crippen LogP contribution in [0.1, 0.15) is 11.1 Å². The second-order valence-electron chi connectivity index (χ2n) is 4.94. The van der Waals surface area contributed by atoms with Crippen LogP contribution < -0.4 is 10.6 Å². The molecule has 2 aromatic carbocycles. The van der Waals surface area contributed by atoms with Crippen molar-refractivity contribution >= 4 is 6.03 Å². The molecule has 0 atom stereocenters. The van der Waals surface area contributed by atoms with Crippen LogP contribution in [0, 0.1) is 11.6 Å². The number of rotatable bonds is 6. The monoisotopic (exact) mass is 304 g/mol. The summed E-state index contributed by atoms with van der Waals surface area (Å²) in [5.74, 6) is -0.548. The zero-order chi connectivity index (χ0) is 15.8. The second-order valence-corrected chi connectivity index (χ2v) is 4.94. The van der Waals surface area contributed by atoms with Gasteiger partial charge in [0.1, 0.15) is 11.6 Å². The molecule has 5 heteroatoms. The van der Waals surface area contributed by atoms with Gasteiger partial charge in [-0.05, 0) is 48.2 Å². The van der Waals surface area contributed by atoms with Gasteiger partial charge in [0.05, 0.1) is 0 Å². The lowest BCUT2D eigenvalue weighted by molar-refractivity contribution is 0.241. The molecule has 0 aliphatic carbocycles. The summed E-state index contributed by atoms with van der Waals surface area (Å²) in [5, 5.41) is 5.44. The third-order valence-corrected chi connectivity index (χ3v) is 3.20. The van der Waals surface area contributed by atoms with Crippen LogP contribution in [0.4, 0.5) is 13.6 Å². The van der Waals surface area contributed by atoms with Gasteiger partial charge in [0.2, 0.25) is 0 Å². The summed E-state index contributed by atoms with van der Waals surface area (Å²) in [6.07, 6.45) is 1.21. The second kappa shape index (κ2) is 8.12. The number of carbonyl (C=O) groups is 1. The highest BCUT2D eigenvalue weighted by atomic mass is 19.1. The molecule has 2 rings (SSSR count). The number of hydrogen-bond acceptors (Lipinski definition) is 1. The third kappa shape index (κ3) is 5.52. The van der Waals surface area contributed by atoms with E-state index in [1.165, 1.54) is 24.3 Å². The van der Waals surface area contributed by atoms with E-state index in [1.54, 1.807) is 18.2 Å². The van der Waals surface area contributed by atoms with E-state index >= 15 is 0 Å². The Morgan fingerprint density at radius 2 is 1.45 bits per heavy atom. The molecule has 0 saturated heterocycles. The molecule has 22 heavy (non-hydrogen) atoms. The van der Waals surface area contributed by atoms with Crippen LogP contribution in [-0.2, 0) is 12.8 Å². The smallest absolute Gasteiger partial charge is 0.314 e. The summed E-state index contributed by atoms with van der Waals surface area (Å²) in [6, 6.07) is 12.2. The topological polar surface area (TPSA) is 41.1 Å². The minimum atomic E-state index is -0.277. The van der Waals surface area contributed by atoms with E-state index in [2.05, 4.69) is 10.6 Å². The molecule has 0 radical (unpaired) electrons. The number of benzene rings is 2. The number of nitrogens with one attached hydrogen (secondary N) is 2. The van der Waals surface area contributed by atoms with Gasteiger partial charge in [0, 0.05) is 13.1 Å². The highest BCUT2D eigenvalue weighted by Gasteiger charge is 2.01. The fraction of sp³-hybridized carbons (Fsp3) is 0.235. The first-order chi connectivity index (χ1) is 10.6. The molecule has 0 saturated carbocycles. The van der Waals surface area contributed by atoms with E-state index in [9.17, 15) is 13.6 Å². The lowest BCUT2D eigenvalue weighted by Crippen LogP contribution is -2.37. The van der Waals surface area contributed by atoms with Gasteiger partial charge in [0.25, 0.3) is 0 Å².